The highest BCUT2D eigenvalue weighted by Gasteiger charge is 2.07. The first-order valence-electron chi connectivity index (χ1n) is 8.56. The SMILES string of the molecule is C[C@H](NCc1ccc(C(=O)Nc2ccccc2)cc1)c1ccc(Cl)cc1. The molecule has 0 fully saturated rings. The van der Waals surface area contributed by atoms with Crippen molar-refractivity contribution in [1.82, 2.24) is 5.32 Å². The molecule has 26 heavy (non-hydrogen) atoms. The first kappa shape index (κ1) is 18.2. The maximum absolute atomic E-state index is 12.3. The summed E-state index contributed by atoms with van der Waals surface area (Å²) in [6.45, 7) is 2.84. The van der Waals surface area contributed by atoms with Crippen molar-refractivity contribution in [3.05, 3.63) is 101 Å². The molecule has 4 heteroatoms. The van der Waals surface area contributed by atoms with Gasteiger partial charge in [-0.05, 0) is 54.4 Å². The predicted octanol–water partition coefficient (Wildman–Crippen LogP) is 5.44. The standard InChI is InChI=1S/C22H21ClN2O/c1-16(18-11-13-20(23)14-12-18)24-15-17-7-9-19(10-8-17)22(26)25-21-5-3-2-4-6-21/h2-14,16,24H,15H2,1H3,(H,25,26)/t16-/m0/s1. The third-order valence-corrected chi connectivity index (χ3v) is 4.48. The van der Waals surface area contributed by atoms with Gasteiger partial charge in [-0.15, -0.1) is 0 Å². The van der Waals surface area contributed by atoms with Gasteiger partial charge in [0.1, 0.15) is 0 Å². The first-order chi connectivity index (χ1) is 12.6. The number of carbonyl (C=O) groups excluding carboxylic acids is 1. The van der Waals surface area contributed by atoms with Gasteiger partial charge in [-0.25, -0.2) is 0 Å². The molecule has 1 atom stereocenters. The number of benzene rings is 3. The lowest BCUT2D eigenvalue weighted by Crippen LogP contribution is -2.18. The monoisotopic (exact) mass is 364 g/mol. The van der Waals surface area contributed by atoms with Crippen LogP contribution >= 0.6 is 11.6 Å². The zero-order chi connectivity index (χ0) is 18.4. The highest BCUT2D eigenvalue weighted by atomic mass is 35.5. The van der Waals surface area contributed by atoms with E-state index in [1.54, 1.807) is 0 Å². The molecule has 0 radical (unpaired) electrons. The van der Waals surface area contributed by atoms with Gasteiger partial charge in [-0.1, -0.05) is 54.1 Å². The first-order valence-corrected chi connectivity index (χ1v) is 8.94. The summed E-state index contributed by atoms with van der Waals surface area (Å²) in [5.74, 6) is -0.106. The summed E-state index contributed by atoms with van der Waals surface area (Å²) in [4.78, 5) is 12.3. The molecule has 132 valence electrons. The maximum atomic E-state index is 12.3. The molecule has 0 aromatic heterocycles. The molecule has 0 aliphatic carbocycles. The largest absolute Gasteiger partial charge is 0.322 e. The van der Waals surface area contributed by atoms with E-state index in [1.165, 1.54) is 5.56 Å². The van der Waals surface area contributed by atoms with Crippen LogP contribution in [0.3, 0.4) is 0 Å². The Morgan fingerprint density at radius 2 is 1.58 bits per heavy atom. The summed E-state index contributed by atoms with van der Waals surface area (Å²) >= 11 is 5.93. The van der Waals surface area contributed by atoms with Crippen LogP contribution in [0.4, 0.5) is 5.69 Å². The molecular weight excluding hydrogens is 344 g/mol. The molecule has 0 bridgehead atoms. The van der Waals surface area contributed by atoms with Crippen molar-refractivity contribution in [3.8, 4) is 0 Å². The fourth-order valence-corrected chi connectivity index (χ4v) is 2.76. The van der Waals surface area contributed by atoms with E-state index in [4.69, 9.17) is 11.6 Å². The molecule has 0 spiro atoms. The van der Waals surface area contributed by atoms with E-state index < -0.39 is 0 Å². The van der Waals surface area contributed by atoms with E-state index in [-0.39, 0.29) is 11.9 Å². The highest BCUT2D eigenvalue weighted by molar-refractivity contribution is 6.30. The molecule has 1 amide bonds. The van der Waals surface area contributed by atoms with Crippen LogP contribution in [0.15, 0.2) is 78.9 Å². The normalized spacial score (nSPS) is 11.8. The molecule has 0 saturated heterocycles. The Morgan fingerprint density at radius 3 is 2.23 bits per heavy atom. The number of rotatable bonds is 6. The summed E-state index contributed by atoms with van der Waals surface area (Å²) in [6.07, 6.45) is 0. The average molecular weight is 365 g/mol. The summed E-state index contributed by atoms with van der Waals surface area (Å²) in [5, 5.41) is 7.11. The minimum absolute atomic E-state index is 0.106. The minimum Gasteiger partial charge on any atom is -0.322 e. The molecule has 0 heterocycles. The fraction of sp³-hybridized carbons (Fsp3) is 0.136. The zero-order valence-corrected chi connectivity index (χ0v) is 15.3. The Balaban J connectivity index is 1.55. The number of anilines is 1. The molecule has 0 aliphatic rings. The van der Waals surface area contributed by atoms with Crippen molar-refractivity contribution in [1.29, 1.82) is 0 Å². The third kappa shape index (κ3) is 4.94. The number of para-hydroxylation sites is 1. The Labute approximate surface area is 159 Å². The van der Waals surface area contributed by atoms with Crippen molar-refractivity contribution >= 4 is 23.2 Å². The third-order valence-electron chi connectivity index (χ3n) is 4.23. The number of amides is 1. The van der Waals surface area contributed by atoms with Gasteiger partial charge in [0.15, 0.2) is 0 Å². The van der Waals surface area contributed by atoms with Gasteiger partial charge in [-0.3, -0.25) is 4.79 Å². The predicted molar refractivity (Wildman–Crippen MR) is 108 cm³/mol. The maximum Gasteiger partial charge on any atom is 0.255 e. The summed E-state index contributed by atoms with van der Waals surface area (Å²) in [6, 6.07) is 25.2. The summed E-state index contributed by atoms with van der Waals surface area (Å²) in [7, 11) is 0. The number of carbonyl (C=O) groups is 1. The molecule has 0 saturated carbocycles. The van der Waals surface area contributed by atoms with Gasteiger partial charge in [0.2, 0.25) is 0 Å². The summed E-state index contributed by atoms with van der Waals surface area (Å²) < 4.78 is 0. The Morgan fingerprint density at radius 1 is 0.923 bits per heavy atom. The van der Waals surface area contributed by atoms with Crippen LogP contribution in [0.1, 0.15) is 34.5 Å². The lowest BCUT2D eigenvalue weighted by molar-refractivity contribution is 0.102. The number of halogens is 1. The number of nitrogens with one attached hydrogen (secondary N) is 2. The van der Waals surface area contributed by atoms with Gasteiger partial charge in [0.05, 0.1) is 0 Å². The zero-order valence-electron chi connectivity index (χ0n) is 14.6. The molecule has 2 N–H and O–H groups in total. The Kier molecular flexibility index (Phi) is 6.05. The molecule has 0 unspecified atom stereocenters. The van der Waals surface area contributed by atoms with Crippen molar-refractivity contribution < 1.29 is 4.79 Å². The van der Waals surface area contributed by atoms with Gasteiger partial charge in [0, 0.05) is 28.9 Å². The van der Waals surface area contributed by atoms with Gasteiger partial charge >= 0.3 is 0 Å². The van der Waals surface area contributed by atoms with Gasteiger partial charge in [-0.2, -0.15) is 0 Å². The molecule has 3 aromatic rings. The Hall–Kier alpha value is -2.62. The molecule has 3 aromatic carbocycles. The van der Waals surface area contributed by atoms with E-state index in [9.17, 15) is 4.79 Å². The topological polar surface area (TPSA) is 41.1 Å². The van der Waals surface area contributed by atoms with Gasteiger partial charge in [0.25, 0.3) is 5.91 Å². The number of hydrogen-bond donors (Lipinski definition) is 2. The van der Waals surface area contributed by atoms with Crippen molar-refractivity contribution in [2.75, 3.05) is 5.32 Å². The van der Waals surface area contributed by atoms with Crippen LogP contribution in [-0.2, 0) is 6.54 Å². The molecular formula is C22H21ClN2O. The lowest BCUT2D eigenvalue weighted by atomic mass is 10.1. The fourth-order valence-electron chi connectivity index (χ4n) is 2.64. The van der Waals surface area contributed by atoms with E-state index >= 15 is 0 Å². The van der Waals surface area contributed by atoms with Crippen LogP contribution in [0.2, 0.25) is 5.02 Å². The quantitative estimate of drug-likeness (QED) is 0.611. The summed E-state index contributed by atoms with van der Waals surface area (Å²) in [5.41, 5.74) is 3.75. The second-order valence-electron chi connectivity index (χ2n) is 6.17. The Bertz CT molecular complexity index is 846. The minimum atomic E-state index is -0.106. The van der Waals surface area contributed by atoms with E-state index in [1.807, 2.05) is 78.9 Å². The van der Waals surface area contributed by atoms with Gasteiger partial charge < -0.3 is 10.6 Å². The average Bonchev–Trinajstić information content (AvgIpc) is 2.68. The van der Waals surface area contributed by atoms with Crippen LogP contribution in [0.5, 0.6) is 0 Å². The van der Waals surface area contributed by atoms with Crippen LogP contribution in [-0.4, -0.2) is 5.91 Å². The van der Waals surface area contributed by atoms with Crippen molar-refractivity contribution in [3.63, 3.8) is 0 Å². The smallest absolute Gasteiger partial charge is 0.255 e. The van der Waals surface area contributed by atoms with E-state index in [0.717, 1.165) is 22.8 Å². The van der Waals surface area contributed by atoms with E-state index in [2.05, 4.69) is 17.6 Å². The highest BCUT2D eigenvalue weighted by Crippen LogP contribution is 2.17. The van der Waals surface area contributed by atoms with E-state index in [0.29, 0.717) is 5.56 Å². The molecule has 3 rings (SSSR count). The van der Waals surface area contributed by atoms with Crippen molar-refractivity contribution in [2.24, 2.45) is 0 Å². The van der Waals surface area contributed by atoms with Crippen LogP contribution in [0, 0.1) is 0 Å². The lowest BCUT2D eigenvalue weighted by Gasteiger charge is -2.14. The second kappa shape index (κ2) is 8.65. The number of hydrogen-bond acceptors (Lipinski definition) is 2. The van der Waals surface area contributed by atoms with Crippen molar-refractivity contribution in [2.45, 2.75) is 19.5 Å². The van der Waals surface area contributed by atoms with Crippen LogP contribution < -0.4 is 10.6 Å². The second-order valence-corrected chi connectivity index (χ2v) is 6.61. The van der Waals surface area contributed by atoms with Crippen LogP contribution in [0.25, 0.3) is 0 Å². The molecule has 3 nitrogen and oxygen atoms in total. The molecule has 0 aliphatic heterocycles.